The summed E-state index contributed by atoms with van der Waals surface area (Å²) in [6, 6.07) is 29.4. The summed E-state index contributed by atoms with van der Waals surface area (Å²) < 4.78 is 2.10. The molecule has 0 spiro atoms. The van der Waals surface area contributed by atoms with Gasteiger partial charge >= 0.3 is 0 Å². The van der Waals surface area contributed by atoms with Gasteiger partial charge in [0.1, 0.15) is 0 Å². The first-order valence-corrected chi connectivity index (χ1v) is 12.2. The Morgan fingerprint density at radius 3 is 1.97 bits per heavy atom. The minimum atomic E-state index is -0.173. The molecule has 0 saturated heterocycles. The van der Waals surface area contributed by atoms with Crippen molar-refractivity contribution in [3.05, 3.63) is 108 Å². The summed E-state index contributed by atoms with van der Waals surface area (Å²) in [5.74, 6) is 0.685. The number of rotatable bonds is 5. The molecule has 172 valence electrons. The van der Waals surface area contributed by atoms with Gasteiger partial charge in [-0.15, -0.1) is 0 Å². The minimum Gasteiger partial charge on any atom is -0.321 e. The summed E-state index contributed by atoms with van der Waals surface area (Å²) in [6.07, 6.45) is 9.63. The number of fused-ring (bicyclic) bond motifs is 1. The molecule has 2 N–H and O–H groups in total. The van der Waals surface area contributed by atoms with Crippen molar-refractivity contribution in [1.29, 1.82) is 0 Å². The predicted molar refractivity (Wildman–Crippen MR) is 144 cm³/mol. The summed E-state index contributed by atoms with van der Waals surface area (Å²) in [4.78, 5) is 10.1. The summed E-state index contributed by atoms with van der Waals surface area (Å²) in [6.45, 7) is 2.03. The Labute approximate surface area is 205 Å². The second-order valence-corrected chi connectivity index (χ2v) is 9.34. The van der Waals surface area contributed by atoms with Crippen LogP contribution in [-0.4, -0.2) is 14.4 Å². The van der Waals surface area contributed by atoms with Crippen LogP contribution in [0, 0.1) is 0 Å². The van der Waals surface area contributed by atoms with Crippen molar-refractivity contribution in [2.75, 3.05) is 0 Å². The fraction of sp³-hybridized carbons (Fsp3) is 0.161. The fourth-order valence-electron chi connectivity index (χ4n) is 4.97. The molecule has 5 aromatic rings. The van der Waals surface area contributed by atoms with Crippen molar-refractivity contribution >= 4 is 11.9 Å². The van der Waals surface area contributed by atoms with Crippen LogP contribution in [0.2, 0.25) is 0 Å². The Morgan fingerprint density at radius 1 is 0.771 bits per heavy atom. The van der Waals surface area contributed by atoms with Gasteiger partial charge in [0.15, 0.2) is 0 Å². The maximum Gasteiger partial charge on any atom is 0.235 e. The van der Waals surface area contributed by atoms with Crippen LogP contribution in [0.25, 0.3) is 45.5 Å². The standard InChI is InChI=1S/C31H28N4/c1-2-10-27-29(23-13-7-4-8-14-23)34-30-33-28(26(21-35(27)30)22-11-5-3-6-12-22)24-15-17-25(18-16-24)31(32)19-9-20-31/h2-8,10-18,21H,9,19-20,32H2,1H3. The molecule has 4 nitrogen and oxygen atoms in total. The Balaban J connectivity index is 1.57. The third kappa shape index (κ3) is 3.76. The Kier molecular flexibility index (Phi) is 5.31. The zero-order valence-electron chi connectivity index (χ0n) is 19.9. The lowest BCUT2D eigenvalue weighted by Gasteiger charge is -2.38. The lowest BCUT2D eigenvalue weighted by atomic mass is 9.72. The van der Waals surface area contributed by atoms with Crippen LogP contribution in [0.1, 0.15) is 37.4 Å². The van der Waals surface area contributed by atoms with Crippen LogP contribution in [0.5, 0.6) is 0 Å². The molecule has 0 bridgehead atoms. The normalized spacial score (nSPS) is 14.9. The number of nitrogens with zero attached hydrogens (tertiary/aromatic N) is 3. The van der Waals surface area contributed by atoms with E-state index in [1.807, 2.05) is 37.3 Å². The Bertz CT molecular complexity index is 1510. The van der Waals surface area contributed by atoms with Gasteiger partial charge in [0.2, 0.25) is 5.78 Å². The van der Waals surface area contributed by atoms with Crippen molar-refractivity contribution in [1.82, 2.24) is 14.4 Å². The second-order valence-electron chi connectivity index (χ2n) is 9.34. The Hall–Kier alpha value is -4.02. The van der Waals surface area contributed by atoms with Crippen LogP contribution in [-0.2, 0) is 5.54 Å². The Morgan fingerprint density at radius 2 is 1.37 bits per heavy atom. The molecule has 6 rings (SSSR count). The van der Waals surface area contributed by atoms with E-state index in [0.29, 0.717) is 5.78 Å². The van der Waals surface area contributed by atoms with E-state index < -0.39 is 0 Å². The number of allylic oxidation sites excluding steroid dienone is 1. The van der Waals surface area contributed by atoms with E-state index in [1.54, 1.807) is 0 Å². The number of benzene rings is 3. The molecule has 0 atom stereocenters. The third-order valence-corrected chi connectivity index (χ3v) is 7.09. The molecule has 1 aliphatic rings. The monoisotopic (exact) mass is 456 g/mol. The van der Waals surface area contributed by atoms with Gasteiger partial charge in [-0.1, -0.05) is 91.0 Å². The molecule has 0 aliphatic heterocycles. The van der Waals surface area contributed by atoms with Gasteiger partial charge in [-0.25, -0.2) is 9.97 Å². The SMILES string of the molecule is CC=Cc1c(-c2ccccc2)nc2nc(-c3ccc(C4(N)CCC4)cc3)c(-c3ccccc3)cn12. The molecule has 0 radical (unpaired) electrons. The van der Waals surface area contributed by atoms with Gasteiger partial charge < -0.3 is 5.73 Å². The number of hydrogen-bond acceptors (Lipinski definition) is 3. The lowest BCUT2D eigenvalue weighted by molar-refractivity contribution is 0.253. The first-order chi connectivity index (χ1) is 17.2. The van der Waals surface area contributed by atoms with Crippen molar-refractivity contribution in [3.8, 4) is 33.6 Å². The average Bonchev–Trinajstić information content (AvgIpc) is 3.25. The topological polar surface area (TPSA) is 56.2 Å². The van der Waals surface area contributed by atoms with Gasteiger partial charge in [-0.3, -0.25) is 4.40 Å². The number of aromatic nitrogens is 3. The lowest BCUT2D eigenvalue weighted by Crippen LogP contribution is -2.43. The predicted octanol–water partition coefficient (Wildman–Crippen LogP) is 7.10. The fourth-order valence-corrected chi connectivity index (χ4v) is 4.97. The highest BCUT2D eigenvalue weighted by atomic mass is 15.1. The van der Waals surface area contributed by atoms with Crippen LogP contribution in [0.4, 0.5) is 0 Å². The van der Waals surface area contributed by atoms with Gasteiger partial charge in [-0.05, 0) is 43.4 Å². The number of imidazole rings is 1. The first kappa shape index (κ1) is 21.5. The van der Waals surface area contributed by atoms with Crippen molar-refractivity contribution < 1.29 is 0 Å². The molecule has 2 aromatic heterocycles. The molecule has 1 aliphatic carbocycles. The molecule has 2 heterocycles. The third-order valence-electron chi connectivity index (χ3n) is 7.09. The average molecular weight is 457 g/mol. The molecular formula is C31H28N4. The van der Waals surface area contributed by atoms with Crippen LogP contribution < -0.4 is 5.73 Å². The molecule has 4 heteroatoms. The maximum atomic E-state index is 6.58. The van der Waals surface area contributed by atoms with Gasteiger partial charge in [0, 0.05) is 28.4 Å². The minimum absolute atomic E-state index is 0.173. The number of hydrogen-bond donors (Lipinski definition) is 1. The van der Waals surface area contributed by atoms with Gasteiger partial charge in [0.05, 0.1) is 17.1 Å². The van der Waals surface area contributed by atoms with E-state index in [4.69, 9.17) is 15.7 Å². The molecule has 0 unspecified atom stereocenters. The van der Waals surface area contributed by atoms with E-state index in [0.717, 1.165) is 52.2 Å². The molecule has 0 amide bonds. The summed E-state index contributed by atoms with van der Waals surface area (Å²) in [5, 5.41) is 0. The van der Waals surface area contributed by atoms with Crippen molar-refractivity contribution in [3.63, 3.8) is 0 Å². The van der Waals surface area contributed by atoms with Crippen LogP contribution in [0.3, 0.4) is 0 Å². The maximum absolute atomic E-state index is 6.58. The van der Waals surface area contributed by atoms with Crippen molar-refractivity contribution in [2.45, 2.75) is 31.7 Å². The van der Waals surface area contributed by atoms with E-state index in [1.165, 1.54) is 12.0 Å². The molecule has 35 heavy (non-hydrogen) atoms. The number of nitrogens with two attached hydrogens (primary N) is 1. The van der Waals surface area contributed by atoms with E-state index in [2.05, 4.69) is 77.3 Å². The zero-order chi connectivity index (χ0) is 23.8. The van der Waals surface area contributed by atoms with Crippen molar-refractivity contribution in [2.24, 2.45) is 5.73 Å². The first-order valence-electron chi connectivity index (χ1n) is 12.2. The van der Waals surface area contributed by atoms with Crippen LogP contribution >= 0.6 is 0 Å². The largest absolute Gasteiger partial charge is 0.321 e. The smallest absolute Gasteiger partial charge is 0.235 e. The van der Waals surface area contributed by atoms with E-state index in [9.17, 15) is 0 Å². The summed E-state index contributed by atoms with van der Waals surface area (Å²) in [7, 11) is 0. The molecule has 1 fully saturated rings. The zero-order valence-corrected chi connectivity index (χ0v) is 19.9. The highest BCUT2D eigenvalue weighted by Crippen LogP contribution is 2.40. The molecule has 3 aromatic carbocycles. The quantitative estimate of drug-likeness (QED) is 0.307. The van der Waals surface area contributed by atoms with Gasteiger partial charge in [-0.2, -0.15) is 0 Å². The van der Waals surface area contributed by atoms with Crippen LogP contribution in [0.15, 0.2) is 97.2 Å². The van der Waals surface area contributed by atoms with E-state index >= 15 is 0 Å². The molecule has 1 saturated carbocycles. The highest BCUT2D eigenvalue weighted by molar-refractivity contribution is 5.83. The summed E-state index contributed by atoms with van der Waals surface area (Å²) in [5.41, 5.74) is 14.8. The van der Waals surface area contributed by atoms with E-state index in [-0.39, 0.29) is 5.54 Å². The summed E-state index contributed by atoms with van der Waals surface area (Å²) >= 11 is 0. The second kappa shape index (κ2) is 8.64. The molecular weight excluding hydrogens is 428 g/mol. The highest BCUT2D eigenvalue weighted by Gasteiger charge is 2.34. The van der Waals surface area contributed by atoms with Gasteiger partial charge in [0.25, 0.3) is 0 Å².